The third kappa shape index (κ3) is 5.57. The lowest BCUT2D eigenvalue weighted by Gasteiger charge is -2.33. The maximum atomic E-state index is 16.4. The second kappa shape index (κ2) is 11.4. The first kappa shape index (κ1) is 29.2. The summed E-state index contributed by atoms with van der Waals surface area (Å²) in [7, 11) is 0. The highest BCUT2D eigenvalue weighted by atomic mass is 19.4. The van der Waals surface area contributed by atoms with Gasteiger partial charge in [0.1, 0.15) is 23.6 Å². The van der Waals surface area contributed by atoms with E-state index >= 15 is 4.39 Å². The molecule has 234 valence electrons. The predicted molar refractivity (Wildman–Crippen MR) is 160 cm³/mol. The highest BCUT2D eigenvalue weighted by molar-refractivity contribution is 5.98. The average Bonchev–Trinajstić information content (AvgIpc) is 3.56. The van der Waals surface area contributed by atoms with Crippen molar-refractivity contribution in [2.75, 3.05) is 37.7 Å². The first-order valence-corrected chi connectivity index (χ1v) is 15.8. The number of alkyl halides is 3. The molecule has 0 bridgehead atoms. The van der Waals surface area contributed by atoms with Crippen molar-refractivity contribution in [1.29, 1.82) is 0 Å². The summed E-state index contributed by atoms with van der Waals surface area (Å²) in [6.07, 6.45) is 9.07. The molecule has 8 rings (SSSR count). The summed E-state index contributed by atoms with van der Waals surface area (Å²) in [6.45, 7) is 6.17. The zero-order chi connectivity index (χ0) is 30.5. The fraction of sp³-hybridized carbons (Fsp3) is 0.562. The summed E-state index contributed by atoms with van der Waals surface area (Å²) >= 11 is 0. The Hall–Kier alpha value is -3.54. The van der Waals surface area contributed by atoms with Gasteiger partial charge in [-0.15, -0.1) is 0 Å². The summed E-state index contributed by atoms with van der Waals surface area (Å²) in [4.78, 5) is 18.2. The average molecular weight is 612 g/mol. The van der Waals surface area contributed by atoms with E-state index in [0.717, 1.165) is 76.8 Å². The van der Waals surface area contributed by atoms with Gasteiger partial charge in [-0.3, -0.25) is 15.0 Å². The largest absolute Gasteiger partial charge is 0.461 e. The van der Waals surface area contributed by atoms with Crippen LogP contribution in [0.1, 0.15) is 70.3 Å². The molecule has 3 aromatic heterocycles. The number of piperidine rings is 1. The fourth-order valence-corrected chi connectivity index (χ4v) is 6.97. The normalized spacial score (nSPS) is 21.4. The highest BCUT2D eigenvalue weighted by Gasteiger charge is 2.45. The number of aromatic amines is 1. The van der Waals surface area contributed by atoms with Crippen LogP contribution < -0.4 is 9.64 Å². The number of benzene rings is 1. The van der Waals surface area contributed by atoms with Crippen LogP contribution in [0.15, 0.2) is 24.5 Å². The van der Waals surface area contributed by atoms with E-state index in [0.29, 0.717) is 29.1 Å². The maximum Gasteiger partial charge on any atom is 0.416 e. The zero-order valence-corrected chi connectivity index (χ0v) is 24.9. The minimum atomic E-state index is -4.63. The molecule has 12 heteroatoms. The van der Waals surface area contributed by atoms with Crippen molar-refractivity contribution in [1.82, 2.24) is 30.0 Å². The molecule has 4 fully saturated rings. The Balaban J connectivity index is 0.000000984. The van der Waals surface area contributed by atoms with Crippen LogP contribution in [0.2, 0.25) is 0 Å². The van der Waals surface area contributed by atoms with E-state index in [1.54, 1.807) is 0 Å². The molecule has 4 aliphatic rings. The lowest BCUT2D eigenvalue weighted by atomic mass is 9.95. The van der Waals surface area contributed by atoms with Crippen LogP contribution in [-0.4, -0.2) is 68.4 Å². The van der Waals surface area contributed by atoms with Crippen molar-refractivity contribution >= 4 is 27.6 Å². The number of aromatic nitrogens is 5. The van der Waals surface area contributed by atoms with E-state index in [4.69, 9.17) is 9.72 Å². The molecule has 1 saturated carbocycles. The van der Waals surface area contributed by atoms with Gasteiger partial charge in [-0.1, -0.05) is 26.2 Å². The molecule has 0 radical (unpaired) electrons. The number of ether oxygens (including phenoxy) is 1. The Morgan fingerprint density at radius 2 is 1.75 bits per heavy atom. The fourth-order valence-electron chi connectivity index (χ4n) is 6.97. The van der Waals surface area contributed by atoms with Gasteiger partial charge in [0.25, 0.3) is 0 Å². The summed E-state index contributed by atoms with van der Waals surface area (Å²) in [5.41, 5.74) is -1.09. The number of halogens is 4. The van der Waals surface area contributed by atoms with Gasteiger partial charge < -0.3 is 9.64 Å². The van der Waals surface area contributed by atoms with E-state index in [2.05, 4.69) is 36.9 Å². The molecule has 6 heterocycles. The first-order valence-electron chi connectivity index (χ1n) is 15.8. The third-order valence-corrected chi connectivity index (χ3v) is 9.38. The minimum absolute atomic E-state index is 0.0105. The second-order valence-corrected chi connectivity index (χ2v) is 12.8. The molecule has 1 N–H and O–H groups in total. The monoisotopic (exact) mass is 611 g/mol. The van der Waals surface area contributed by atoms with Gasteiger partial charge in [0.15, 0.2) is 5.82 Å². The van der Waals surface area contributed by atoms with Gasteiger partial charge in [-0.25, -0.2) is 4.39 Å². The molecule has 0 amide bonds. The van der Waals surface area contributed by atoms with E-state index < -0.39 is 17.6 Å². The Bertz CT molecular complexity index is 1660. The molecule has 8 nitrogen and oxygen atoms in total. The van der Waals surface area contributed by atoms with Crippen LogP contribution in [-0.2, 0) is 6.18 Å². The standard InChI is InChI=1S/C29H31F4N7O.C3H6/c1-17-5-2-8-39(15-17)26-21-13-34-24(19-11-18(29(31,32)33)12-22-20(19)14-35-38-22)23(30)25(21)36-27(37-26)41-16-28-6-3-9-40(28)10-4-7-28;1-2-3-1/h11-14,17H,2-10,15-16H2,1H3,(H,35,38);1-3H2. The molecule has 1 unspecified atom stereocenters. The van der Waals surface area contributed by atoms with E-state index in [1.807, 2.05) is 0 Å². The number of H-pyrrole nitrogens is 1. The van der Waals surface area contributed by atoms with Crippen LogP contribution in [0.5, 0.6) is 6.01 Å². The minimum Gasteiger partial charge on any atom is -0.461 e. The predicted octanol–water partition coefficient (Wildman–Crippen LogP) is 7.14. The van der Waals surface area contributed by atoms with E-state index in [-0.39, 0.29) is 33.8 Å². The molecule has 4 aromatic rings. The van der Waals surface area contributed by atoms with E-state index in [1.165, 1.54) is 31.7 Å². The van der Waals surface area contributed by atoms with Crippen molar-refractivity contribution in [3.8, 4) is 17.3 Å². The summed E-state index contributed by atoms with van der Waals surface area (Å²) in [5, 5.41) is 7.20. The molecule has 3 aliphatic heterocycles. The van der Waals surface area contributed by atoms with Crippen LogP contribution in [0.4, 0.5) is 23.4 Å². The molecule has 0 spiro atoms. The third-order valence-electron chi connectivity index (χ3n) is 9.38. The number of fused-ring (bicyclic) bond motifs is 3. The SMILES string of the molecule is C1CC1.CC1CCCN(c2nc(OCC34CCCN3CCC4)nc3c(F)c(-c4cc(C(F)(F)F)cc5[nH]ncc45)ncc23)C1. The number of pyridine rings is 1. The van der Waals surface area contributed by atoms with Crippen molar-refractivity contribution in [2.24, 2.45) is 5.92 Å². The lowest BCUT2D eigenvalue weighted by molar-refractivity contribution is -0.137. The quantitative estimate of drug-likeness (QED) is 0.240. The summed E-state index contributed by atoms with van der Waals surface area (Å²) in [6, 6.07) is 1.95. The van der Waals surface area contributed by atoms with Crippen molar-refractivity contribution in [2.45, 2.75) is 76.4 Å². The summed E-state index contributed by atoms with van der Waals surface area (Å²) in [5.74, 6) is 0.155. The number of nitrogens with zero attached hydrogens (tertiary/aromatic N) is 6. The Morgan fingerprint density at radius 3 is 2.45 bits per heavy atom. The second-order valence-electron chi connectivity index (χ2n) is 12.8. The number of nitrogens with one attached hydrogen (secondary N) is 1. The molecule has 1 atom stereocenters. The van der Waals surface area contributed by atoms with Crippen LogP contribution >= 0.6 is 0 Å². The Morgan fingerprint density at radius 1 is 0.977 bits per heavy atom. The molecule has 1 aromatic carbocycles. The Kier molecular flexibility index (Phi) is 7.58. The van der Waals surface area contributed by atoms with E-state index in [9.17, 15) is 13.2 Å². The van der Waals surface area contributed by atoms with Gasteiger partial charge in [0.2, 0.25) is 0 Å². The first-order chi connectivity index (χ1) is 21.2. The number of hydrogen-bond acceptors (Lipinski definition) is 7. The van der Waals surface area contributed by atoms with Crippen molar-refractivity contribution < 1.29 is 22.3 Å². The van der Waals surface area contributed by atoms with Crippen LogP contribution in [0.3, 0.4) is 0 Å². The molecule has 44 heavy (non-hydrogen) atoms. The molecule has 1 aliphatic carbocycles. The number of anilines is 1. The van der Waals surface area contributed by atoms with Gasteiger partial charge in [-0.05, 0) is 69.7 Å². The van der Waals surface area contributed by atoms with Gasteiger partial charge >= 0.3 is 12.2 Å². The maximum absolute atomic E-state index is 16.4. The van der Waals surface area contributed by atoms with Crippen LogP contribution in [0.25, 0.3) is 33.1 Å². The Labute approximate surface area is 253 Å². The van der Waals surface area contributed by atoms with Gasteiger partial charge in [0.05, 0.1) is 28.2 Å². The summed E-state index contributed by atoms with van der Waals surface area (Å²) < 4.78 is 63.8. The molecular formula is C32H37F4N7O. The van der Waals surface area contributed by atoms with Crippen molar-refractivity contribution in [3.63, 3.8) is 0 Å². The van der Waals surface area contributed by atoms with Crippen LogP contribution in [0, 0.1) is 11.7 Å². The number of rotatable bonds is 5. The smallest absolute Gasteiger partial charge is 0.416 e. The lowest BCUT2D eigenvalue weighted by Crippen LogP contribution is -2.43. The highest BCUT2D eigenvalue weighted by Crippen LogP contribution is 2.41. The van der Waals surface area contributed by atoms with Crippen molar-refractivity contribution in [3.05, 3.63) is 35.9 Å². The molecular weight excluding hydrogens is 574 g/mol. The number of hydrogen-bond donors (Lipinski definition) is 1. The topological polar surface area (TPSA) is 83.1 Å². The molecule has 3 saturated heterocycles. The zero-order valence-electron chi connectivity index (χ0n) is 24.9. The van der Waals surface area contributed by atoms with Gasteiger partial charge in [-0.2, -0.15) is 28.2 Å². The van der Waals surface area contributed by atoms with Gasteiger partial charge in [0, 0.05) is 30.2 Å².